The molecule has 6 nitrogen and oxygen atoms in total. The van der Waals surface area contributed by atoms with Gasteiger partial charge >= 0.3 is 12.3 Å². The number of carbonyl (C=O) groups is 2. The van der Waals surface area contributed by atoms with Crippen molar-refractivity contribution in [3.05, 3.63) is 6.10 Å². The summed E-state index contributed by atoms with van der Waals surface area (Å²) in [5.41, 5.74) is 0. The highest BCUT2D eigenvalue weighted by molar-refractivity contribution is 5.62. The lowest BCUT2D eigenvalue weighted by Gasteiger charge is -2.19. The minimum Gasteiger partial charge on any atom is -0.434 e. The highest BCUT2D eigenvalue weighted by Crippen LogP contribution is 2.13. The number of carbonyl (C=O) groups excluding carboxylic acids is 2. The zero-order valence-corrected chi connectivity index (χ0v) is 12.9. The van der Waals surface area contributed by atoms with E-state index < -0.39 is 18.4 Å². The van der Waals surface area contributed by atoms with Gasteiger partial charge < -0.3 is 18.9 Å². The van der Waals surface area contributed by atoms with Crippen LogP contribution in [0.15, 0.2) is 0 Å². The molecule has 0 aliphatic carbocycles. The van der Waals surface area contributed by atoms with Crippen molar-refractivity contribution in [3.8, 4) is 0 Å². The van der Waals surface area contributed by atoms with Crippen LogP contribution in [0.2, 0.25) is 0 Å². The molecule has 0 aromatic carbocycles. The highest BCUT2D eigenvalue weighted by Gasteiger charge is 2.23. The topological polar surface area (TPSA) is 71.1 Å². The average molecular weight is 289 g/mol. The van der Waals surface area contributed by atoms with Crippen molar-refractivity contribution in [2.75, 3.05) is 13.2 Å². The fourth-order valence-corrected chi connectivity index (χ4v) is 1.04. The number of rotatable bonds is 8. The van der Waals surface area contributed by atoms with E-state index in [2.05, 4.69) is 0 Å². The van der Waals surface area contributed by atoms with Gasteiger partial charge in [0.05, 0.1) is 13.2 Å². The first kappa shape index (κ1) is 18.5. The van der Waals surface area contributed by atoms with Crippen molar-refractivity contribution in [2.24, 2.45) is 5.92 Å². The van der Waals surface area contributed by atoms with Crippen LogP contribution >= 0.6 is 0 Å². The molecule has 0 spiro atoms. The van der Waals surface area contributed by atoms with Crippen molar-refractivity contribution < 1.29 is 28.5 Å². The van der Waals surface area contributed by atoms with Crippen LogP contribution in [0.3, 0.4) is 0 Å². The van der Waals surface area contributed by atoms with Gasteiger partial charge in [0.2, 0.25) is 0 Å². The maximum Gasteiger partial charge on any atom is 0.509 e. The van der Waals surface area contributed by atoms with Gasteiger partial charge in [-0.15, -0.1) is 0 Å². The minimum absolute atomic E-state index is 0.227. The molecule has 117 valence electrons. The lowest BCUT2D eigenvalue weighted by Crippen LogP contribution is -2.26. The minimum atomic E-state index is -0.800. The summed E-state index contributed by atoms with van der Waals surface area (Å²) in [6.45, 7) is 9.56. The zero-order valence-electron chi connectivity index (χ0n) is 12.9. The van der Waals surface area contributed by atoms with E-state index >= 15 is 0 Å². The summed E-state index contributed by atoms with van der Waals surface area (Å²) in [5, 5.41) is 0. The second-order valence-electron chi connectivity index (χ2n) is 4.88. The second kappa shape index (κ2) is 10.3. The van der Waals surface area contributed by atoms with Crippen LogP contribution in [0.1, 0.15) is 47.5 Å². The van der Waals surface area contributed by atoms with Gasteiger partial charge in [-0.1, -0.05) is 27.2 Å². The molecule has 1 atom stereocenters. The zero-order chi connectivity index (χ0) is 15.5. The highest BCUT2D eigenvalue weighted by atomic mass is 16.8. The van der Waals surface area contributed by atoms with Crippen molar-refractivity contribution in [1.29, 1.82) is 0 Å². The molecule has 1 radical (unpaired) electrons. The average Bonchev–Trinajstić information content (AvgIpc) is 2.36. The van der Waals surface area contributed by atoms with Crippen molar-refractivity contribution in [1.82, 2.24) is 0 Å². The molecule has 0 N–H and O–H groups in total. The molecule has 6 heteroatoms. The summed E-state index contributed by atoms with van der Waals surface area (Å²) in [5.74, 6) is 0.227. The summed E-state index contributed by atoms with van der Waals surface area (Å²) in [7, 11) is 0. The molecule has 0 rings (SSSR count). The second-order valence-corrected chi connectivity index (χ2v) is 4.88. The molecule has 0 saturated carbocycles. The lowest BCUT2D eigenvalue weighted by molar-refractivity contribution is -0.00757. The Kier molecular flexibility index (Phi) is 9.59. The summed E-state index contributed by atoms with van der Waals surface area (Å²) in [6.07, 6.45) is -0.305. The molecule has 0 aromatic rings. The van der Waals surface area contributed by atoms with Crippen molar-refractivity contribution in [2.45, 2.75) is 53.6 Å². The first-order chi connectivity index (χ1) is 9.36. The molecule has 0 bridgehead atoms. The Bertz CT molecular complexity index is 289. The van der Waals surface area contributed by atoms with Gasteiger partial charge in [-0.3, -0.25) is 0 Å². The first-order valence-corrected chi connectivity index (χ1v) is 6.88. The Morgan fingerprint density at radius 1 is 1.05 bits per heavy atom. The Hall–Kier alpha value is -1.46. The number of ether oxygens (including phenoxy) is 4. The molecule has 1 unspecified atom stereocenters. The largest absolute Gasteiger partial charge is 0.509 e. The summed E-state index contributed by atoms with van der Waals surface area (Å²) in [6, 6.07) is 0. The van der Waals surface area contributed by atoms with E-state index in [-0.39, 0.29) is 18.6 Å². The third-order valence-corrected chi connectivity index (χ3v) is 2.34. The molecular weight excluding hydrogens is 264 g/mol. The molecule has 0 fully saturated rings. The summed E-state index contributed by atoms with van der Waals surface area (Å²) >= 11 is 0. The van der Waals surface area contributed by atoms with Crippen LogP contribution in [-0.4, -0.2) is 31.6 Å². The van der Waals surface area contributed by atoms with Crippen LogP contribution in [0.4, 0.5) is 9.59 Å². The van der Waals surface area contributed by atoms with Crippen LogP contribution in [0.25, 0.3) is 0 Å². The smallest absolute Gasteiger partial charge is 0.434 e. The molecule has 0 aliphatic heterocycles. The molecule has 0 saturated heterocycles. The Morgan fingerprint density at radius 2 is 1.70 bits per heavy atom. The van der Waals surface area contributed by atoms with E-state index in [1.165, 1.54) is 0 Å². The quantitative estimate of drug-likeness (QED) is 0.501. The van der Waals surface area contributed by atoms with E-state index in [1.807, 2.05) is 20.8 Å². The number of unbranched alkanes of at least 4 members (excludes halogenated alkanes) is 1. The van der Waals surface area contributed by atoms with E-state index in [0.717, 1.165) is 12.8 Å². The van der Waals surface area contributed by atoms with Gasteiger partial charge in [-0.2, -0.15) is 0 Å². The summed E-state index contributed by atoms with van der Waals surface area (Å²) in [4.78, 5) is 22.6. The normalized spacial score (nSPS) is 12.2. The molecule has 0 heterocycles. The number of hydrogen-bond donors (Lipinski definition) is 0. The lowest BCUT2D eigenvalue weighted by atomic mass is 10.2. The standard InChI is InChI=1S/C14H25O6/c1-6-7-8-17-13(15)19-11(4)12(5)20-14(16)18-9-10(2)3/h10-11H,6-9H2,1-5H3. The predicted molar refractivity (Wildman–Crippen MR) is 73.0 cm³/mol. The van der Waals surface area contributed by atoms with Gasteiger partial charge in [-0.05, 0) is 26.2 Å². The fraction of sp³-hybridized carbons (Fsp3) is 0.786. The van der Waals surface area contributed by atoms with Crippen molar-refractivity contribution in [3.63, 3.8) is 0 Å². The molecule has 0 aromatic heterocycles. The van der Waals surface area contributed by atoms with Gasteiger partial charge in [0.1, 0.15) is 6.10 Å². The van der Waals surface area contributed by atoms with E-state index in [4.69, 9.17) is 18.9 Å². The van der Waals surface area contributed by atoms with Crippen LogP contribution in [0, 0.1) is 12.0 Å². The van der Waals surface area contributed by atoms with E-state index in [9.17, 15) is 9.59 Å². The predicted octanol–water partition coefficient (Wildman–Crippen LogP) is 3.69. The van der Waals surface area contributed by atoms with Crippen molar-refractivity contribution >= 4 is 12.3 Å². The fourth-order valence-electron chi connectivity index (χ4n) is 1.04. The maximum absolute atomic E-state index is 11.3. The third kappa shape index (κ3) is 9.47. The molecule has 0 amide bonds. The maximum atomic E-state index is 11.3. The van der Waals surface area contributed by atoms with Crippen LogP contribution in [0.5, 0.6) is 0 Å². The monoisotopic (exact) mass is 289 g/mol. The van der Waals surface area contributed by atoms with Gasteiger partial charge in [0, 0.05) is 0 Å². The molecular formula is C14H25O6. The third-order valence-electron chi connectivity index (χ3n) is 2.34. The van der Waals surface area contributed by atoms with E-state index in [1.54, 1.807) is 13.8 Å². The van der Waals surface area contributed by atoms with Gasteiger partial charge in [0.25, 0.3) is 0 Å². The van der Waals surface area contributed by atoms with Crippen LogP contribution < -0.4 is 0 Å². The summed E-state index contributed by atoms with van der Waals surface area (Å²) < 4.78 is 19.6. The first-order valence-electron chi connectivity index (χ1n) is 6.88. The SMILES string of the molecule is CCCCOC(=O)OC(C)[C](C)OC(=O)OCC(C)C. The van der Waals surface area contributed by atoms with E-state index in [0.29, 0.717) is 6.61 Å². The van der Waals surface area contributed by atoms with Gasteiger partial charge in [0.15, 0.2) is 6.10 Å². The Balaban J connectivity index is 3.92. The Labute approximate surface area is 120 Å². The van der Waals surface area contributed by atoms with Crippen LogP contribution in [-0.2, 0) is 18.9 Å². The Morgan fingerprint density at radius 3 is 2.25 bits per heavy atom. The van der Waals surface area contributed by atoms with Gasteiger partial charge in [-0.25, -0.2) is 9.59 Å². The molecule has 20 heavy (non-hydrogen) atoms. The molecule has 0 aliphatic rings. The number of hydrogen-bond acceptors (Lipinski definition) is 6.